The van der Waals surface area contributed by atoms with E-state index in [1.807, 2.05) is 11.9 Å². The van der Waals surface area contributed by atoms with Crippen molar-refractivity contribution in [3.63, 3.8) is 0 Å². The van der Waals surface area contributed by atoms with E-state index in [0.717, 1.165) is 17.9 Å². The maximum Gasteiger partial charge on any atom is 0.141 e. The van der Waals surface area contributed by atoms with Crippen LogP contribution >= 0.6 is 0 Å². The molecule has 0 saturated heterocycles. The van der Waals surface area contributed by atoms with Crippen molar-refractivity contribution in [2.75, 3.05) is 18.5 Å². The molecule has 0 aliphatic rings. The molecule has 84 valence electrons. The lowest BCUT2D eigenvalue weighted by Crippen LogP contribution is -2.25. The second kappa shape index (κ2) is 5.07. The van der Waals surface area contributed by atoms with Gasteiger partial charge in [0.2, 0.25) is 0 Å². The van der Waals surface area contributed by atoms with Gasteiger partial charge in [-0.3, -0.25) is 0 Å². The second-order valence-electron chi connectivity index (χ2n) is 4.11. The summed E-state index contributed by atoms with van der Waals surface area (Å²) in [5.74, 6) is 0.970. The standard InChI is InChI=1S/C11H18FN3/c1-8(2)7-15(3)11-9(5-13)4-10(12)6-14-11/h4,6,8H,5,7,13H2,1-3H3. The fourth-order valence-corrected chi connectivity index (χ4v) is 1.60. The summed E-state index contributed by atoms with van der Waals surface area (Å²) in [5.41, 5.74) is 6.30. The zero-order chi connectivity index (χ0) is 11.4. The molecule has 0 aromatic carbocycles. The van der Waals surface area contributed by atoms with Gasteiger partial charge < -0.3 is 10.6 Å². The Kier molecular flexibility index (Phi) is 4.03. The van der Waals surface area contributed by atoms with E-state index in [-0.39, 0.29) is 5.82 Å². The number of hydrogen-bond acceptors (Lipinski definition) is 3. The van der Waals surface area contributed by atoms with Gasteiger partial charge in [-0.1, -0.05) is 13.8 Å². The van der Waals surface area contributed by atoms with Crippen LogP contribution in [0.5, 0.6) is 0 Å². The maximum absolute atomic E-state index is 12.9. The van der Waals surface area contributed by atoms with Crippen molar-refractivity contribution in [3.05, 3.63) is 23.6 Å². The smallest absolute Gasteiger partial charge is 0.141 e. The van der Waals surface area contributed by atoms with Crippen LogP contribution < -0.4 is 10.6 Å². The van der Waals surface area contributed by atoms with Gasteiger partial charge in [0.25, 0.3) is 0 Å². The second-order valence-corrected chi connectivity index (χ2v) is 4.11. The van der Waals surface area contributed by atoms with E-state index in [2.05, 4.69) is 18.8 Å². The Morgan fingerprint density at radius 2 is 2.20 bits per heavy atom. The Bertz CT molecular complexity index is 326. The first kappa shape index (κ1) is 11.9. The molecule has 0 bridgehead atoms. The van der Waals surface area contributed by atoms with Gasteiger partial charge >= 0.3 is 0 Å². The van der Waals surface area contributed by atoms with Gasteiger partial charge in [0.15, 0.2) is 0 Å². The van der Waals surface area contributed by atoms with Crippen molar-refractivity contribution >= 4 is 5.82 Å². The Labute approximate surface area is 90.1 Å². The minimum Gasteiger partial charge on any atom is -0.359 e. The number of anilines is 1. The number of nitrogens with two attached hydrogens (primary N) is 1. The Hall–Kier alpha value is -1.16. The summed E-state index contributed by atoms with van der Waals surface area (Å²) in [7, 11) is 1.94. The lowest BCUT2D eigenvalue weighted by Gasteiger charge is -2.22. The topological polar surface area (TPSA) is 42.2 Å². The van der Waals surface area contributed by atoms with E-state index in [0.29, 0.717) is 12.5 Å². The fourth-order valence-electron chi connectivity index (χ4n) is 1.60. The molecule has 0 radical (unpaired) electrons. The van der Waals surface area contributed by atoms with Crippen molar-refractivity contribution < 1.29 is 4.39 Å². The third-order valence-electron chi connectivity index (χ3n) is 2.13. The summed E-state index contributed by atoms with van der Waals surface area (Å²) in [6.07, 6.45) is 1.23. The molecule has 0 spiro atoms. The first-order valence-corrected chi connectivity index (χ1v) is 5.10. The highest BCUT2D eigenvalue weighted by molar-refractivity contribution is 5.46. The molecule has 1 rings (SSSR count). The Morgan fingerprint density at radius 3 is 2.73 bits per heavy atom. The lowest BCUT2D eigenvalue weighted by atomic mass is 10.2. The summed E-state index contributed by atoms with van der Waals surface area (Å²) >= 11 is 0. The van der Waals surface area contributed by atoms with E-state index < -0.39 is 0 Å². The molecule has 1 aromatic rings. The Morgan fingerprint density at radius 1 is 1.53 bits per heavy atom. The van der Waals surface area contributed by atoms with Crippen molar-refractivity contribution in [2.24, 2.45) is 11.7 Å². The molecule has 3 nitrogen and oxygen atoms in total. The zero-order valence-electron chi connectivity index (χ0n) is 9.50. The largest absolute Gasteiger partial charge is 0.359 e. The summed E-state index contributed by atoms with van der Waals surface area (Å²) in [6, 6.07) is 1.44. The van der Waals surface area contributed by atoms with Crippen molar-refractivity contribution in [3.8, 4) is 0 Å². The summed E-state index contributed by atoms with van der Waals surface area (Å²) in [5, 5.41) is 0. The molecule has 0 aliphatic heterocycles. The zero-order valence-corrected chi connectivity index (χ0v) is 9.50. The first-order valence-electron chi connectivity index (χ1n) is 5.10. The molecule has 0 saturated carbocycles. The molecule has 1 heterocycles. The van der Waals surface area contributed by atoms with E-state index in [9.17, 15) is 4.39 Å². The van der Waals surface area contributed by atoms with Crippen LogP contribution in [0, 0.1) is 11.7 Å². The molecule has 0 aliphatic carbocycles. The molecule has 4 heteroatoms. The highest BCUT2D eigenvalue weighted by Gasteiger charge is 2.10. The molecule has 0 fully saturated rings. The highest BCUT2D eigenvalue weighted by Crippen LogP contribution is 2.17. The van der Waals surface area contributed by atoms with Crippen LogP contribution in [0.25, 0.3) is 0 Å². The quantitative estimate of drug-likeness (QED) is 0.825. The molecule has 0 unspecified atom stereocenters. The summed E-state index contributed by atoms with van der Waals surface area (Å²) < 4.78 is 12.9. The average molecular weight is 211 g/mol. The predicted molar refractivity (Wildman–Crippen MR) is 60.2 cm³/mol. The van der Waals surface area contributed by atoms with Crippen molar-refractivity contribution in [2.45, 2.75) is 20.4 Å². The summed E-state index contributed by atoms with van der Waals surface area (Å²) in [6.45, 7) is 5.44. The van der Waals surface area contributed by atoms with Crippen LogP contribution in [0.2, 0.25) is 0 Å². The van der Waals surface area contributed by atoms with Gasteiger partial charge in [0.1, 0.15) is 11.6 Å². The molecular weight excluding hydrogens is 193 g/mol. The van der Waals surface area contributed by atoms with Crippen LogP contribution in [0.15, 0.2) is 12.3 Å². The predicted octanol–water partition coefficient (Wildman–Crippen LogP) is 1.77. The van der Waals surface area contributed by atoms with E-state index in [1.165, 1.54) is 12.3 Å². The average Bonchev–Trinajstić information content (AvgIpc) is 2.16. The van der Waals surface area contributed by atoms with Crippen LogP contribution in [0.3, 0.4) is 0 Å². The van der Waals surface area contributed by atoms with Crippen LogP contribution in [0.4, 0.5) is 10.2 Å². The lowest BCUT2D eigenvalue weighted by molar-refractivity contribution is 0.610. The number of halogens is 1. The van der Waals surface area contributed by atoms with E-state index in [4.69, 9.17) is 5.73 Å². The van der Waals surface area contributed by atoms with Crippen LogP contribution in [-0.2, 0) is 6.54 Å². The van der Waals surface area contributed by atoms with Gasteiger partial charge in [-0.15, -0.1) is 0 Å². The monoisotopic (exact) mass is 211 g/mol. The highest BCUT2D eigenvalue weighted by atomic mass is 19.1. The van der Waals surface area contributed by atoms with Gasteiger partial charge in [0.05, 0.1) is 6.20 Å². The van der Waals surface area contributed by atoms with E-state index in [1.54, 1.807) is 0 Å². The first-order chi connectivity index (χ1) is 7.04. The van der Waals surface area contributed by atoms with Gasteiger partial charge in [0, 0.05) is 25.7 Å². The SMILES string of the molecule is CC(C)CN(C)c1ncc(F)cc1CN. The van der Waals surface area contributed by atoms with Gasteiger partial charge in [-0.2, -0.15) is 0 Å². The van der Waals surface area contributed by atoms with E-state index >= 15 is 0 Å². The minimum atomic E-state index is -0.336. The van der Waals surface area contributed by atoms with Gasteiger partial charge in [-0.25, -0.2) is 9.37 Å². The van der Waals surface area contributed by atoms with Crippen molar-refractivity contribution in [1.29, 1.82) is 0 Å². The molecular formula is C11H18FN3. The Balaban J connectivity index is 2.92. The third-order valence-corrected chi connectivity index (χ3v) is 2.13. The minimum absolute atomic E-state index is 0.308. The summed E-state index contributed by atoms with van der Waals surface area (Å²) in [4.78, 5) is 6.08. The van der Waals surface area contributed by atoms with Crippen LogP contribution in [-0.4, -0.2) is 18.6 Å². The molecule has 0 amide bonds. The van der Waals surface area contributed by atoms with Crippen LogP contribution in [0.1, 0.15) is 19.4 Å². The fraction of sp³-hybridized carbons (Fsp3) is 0.545. The molecule has 2 N–H and O–H groups in total. The number of nitrogens with zero attached hydrogens (tertiary/aromatic N) is 2. The molecule has 0 atom stereocenters. The number of rotatable bonds is 4. The molecule has 15 heavy (non-hydrogen) atoms. The van der Waals surface area contributed by atoms with Crippen molar-refractivity contribution in [1.82, 2.24) is 4.98 Å². The third kappa shape index (κ3) is 3.16. The maximum atomic E-state index is 12.9. The van der Waals surface area contributed by atoms with Gasteiger partial charge in [-0.05, 0) is 12.0 Å². The molecule has 1 aromatic heterocycles. The number of hydrogen-bond donors (Lipinski definition) is 1. The normalized spacial score (nSPS) is 10.8. The number of pyridine rings is 1. The number of aromatic nitrogens is 1.